The van der Waals surface area contributed by atoms with E-state index in [-0.39, 0.29) is 17.4 Å². The predicted octanol–water partition coefficient (Wildman–Crippen LogP) is 5.80. The maximum atomic E-state index is 12.9. The van der Waals surface area contributed by atoms with Gasteiger partial charge in [0.2, 0.25) is 5.91 Å². The molecular formula is C28H35Cl2N2O2+. The van der Waals surface area contributed by atoms with Crippen LogP contribution in [0.1, 0.15) is 36.8 Å². The topological polar surface area (TPSA) is 38.3 Å². The summed E-state index contributed by atoms with van der Waals surface area (Å²) in [6.07, 6.45) is 6.49. The van der Waals surface area contributed by atoms with E-state index in [1.807, 2.05) is 18.2 Å². The number of methoxy groups -OCH3 is 1. The van der Waals surface area contributed by atoms with Crippen molar-refractivity contribution >= 4 is 29.1 Å². The van der Waals surface area contributed by atoms with Gasteiger partial charge in [0.25, 0.3) is 0 Å². The van der Waals surface area contributed by atoms with Gasteiger partial charge >= 0.3 is 0 Å². The van der Waals surface area contributed by atoms with Crippen molar-refractivity contribution in [2.45, 2.75) is 43.6 Å². The predicted molar refractivity (Wildman–Crippen MR) is 140 cm³/mol. The molecule has 4 rings (SSSR count). The summed E-state index contributed by atoms with van der Waals surface area (Å²) in [7, 11) is 4.07. The van der Waals surface area contributed by atoms with Crippen LogP contribution in [0.3, 0.4) is 0 Å². The van der Waals surface area contributed by atoms with Crippen LogP contribution in [0.25, 0.3) is 0 Å². The molecule has 2 aromatic carbocycles. The number of hydrogen-bond donors (Lipinski definition) is 1. The monoisotopic (exact) mass is 501 g/mol. The molecule has 0 radical (unpaired) electrons. The first-order valence-corrected chi connectivity index (χ1v) is 12.8. The van der Waals surface area contributed by atoms with E-state index in [1.54, 1.807) is 19.2 Å². The average molecular weight is 503 g/mol. The van der Waals surface area contributed by atoms with Gasteiger partial charge in [-0.15, -0.1) is 0 Å². The van der Waals surface area contributed by atoms with Gasteiger partial charge in [-0.25, -0.2) is 0 Å². The second-order valence-electron chi connectivity index (χ2n) is 10.3. The number of piperidine rings is 1. The maximum Gasteiger partial charge on any atom is 0.224 e. The Balaban J connectivity index is 1.54. The van der Waals surface area contributed by atoms with Crippen molar-refractivity contribution in [2.24, 2.45) is 5.92 Å². The number of likely N-dealkylation sites (tertiary alicyclic amines) is 1. The molecule has 4 atom stereocenters. The number of amides is 1. The number of fused-ring (bicyclic) bond motifs is 1. The van der Waals surface area contributed by atoms with Crippen molar-refractivity contribution in [3.8, 4) is 5.75 Å². The molecule has 0 aromatic heterocycles. The van der Waals surface area contributed by atoms with Crippen LogP contribution >= 0.6 is 23.2 Å². The SMILES string of the molecule is C=CC[N@@+]1(C)CC[C@@]2(c3cccc(OC)c3)C[C@@H](NC(=O)Cc3ccc(Cl)c(Cl)c3)CCC2C1. The third-order valence-electron chi connectivity index (χ3n) is 7.94. The lowest BCUT2D eigenvalue weighted by molar-refractivity contribution is -0.914. The summed E-state index contributed by atoms with van der Waals surface area (Å²) in [6, 6.07) is 14.1. The van der Waals surface area contributed by atoms with E-state index in [4.69, 9.17) is 27.9 Å². The molecule has 1 heterocycles. The van der Waals surface area contributed by atoms with Gasteiger partial charge in [-0.3, -0.25) is 4.79 Å². The Bertz CT molecular complexity index is 1060. The molecule has 1 N–H and O–H groups in total. The van der Waals surface area contributed by atoms with Gasteiger partial charge in [-0.05, 0) is 60.7 Å². The zero-order chi connectivity index (χ0) is 24.3. The number of quaternary nitrogens is 1. The van der Waals surface area contributed by atoms with Gasteiger partial charge in [-0.2, -0.15) is 0 Å². The second kappa shape index (κ2) is 10.3. The largest absolute Gasteiger partial charge is 0.497 e. The Hall–Kier alpha value is -2.01. The van der Waals surface area contributed by atoms with E-state index < -0.39 is 0 Å². The molecule has 1 saturated heterocycles. The fraction of sp³-hybridized carbons (Fsp3) is 0.464. The summed E-state index contributed by atoms with van der Waals surface area (Å²) >= 11 is 12.2. The summed E-state index contributed by atoms with van der Waals surface area (Å²) in [5.41, 5.74) is 2.25. The maximum absolute atomic E-state index is 12.9. The summed E-state index contributed by atoms with van der Waals surface area (Å²) < 4.78 is 6.61. The van der Waals surface area contributed by atoms with Gasteiger partial charge in [0.1, 0.15) is 5.75 Å². The Morgan fingerprint density at radius 3 is 2.79 bits per heavy atom. The lowest BCUT2D eigenvalue weighted by Crippen LogP contribution is -2.62. The standard InChI is InChI=1S/C28H34Cl2N2O2/c1-4-13-32(2)14-12-28(21-6-5-7-24(17-21)34-3)18-23(10-9-22(28)19-32)31-27(33)16-20-8-11-25(29)26(30)15-20/h4-8,11,15,17,22-23H,1,9-10,12-14,16,18-19H2,2-3H3/p+1/t22?,23-,28-,32-/m0/s1. The molecule has 6 heteroatoms. The number of rotatable bonds is 7. The van der Waals surface area contributed by atoms with Gasteiger partial charge in [0.05, 0.1) is 50.3 Å². The average Bonchev–Trinajstić information content (AvgIpc) is 2.82. The third kappa shape index (κ3) is 5.30. The molecule has 0 spiro atoms. The zero-order valence-electron chi connectivity index (χ0n) is 20.2. The molecule has 4 nitrogen and oxygen atoms in total. The number of nitrogens with zero attached hydrogens (tertiary/aromatic N) is 1. The Morgan fingerprint density at radius 2 is 2.06 bits per heavy atom. The van der Waals surface area contributed by atoms with Crippen LogP contribution in [0.4, 0.5) is 0 Å². The van der Waals surface area contributed by atoms with E-state index in [2.05, 4.69) is 37.1 Å². The number of likely N-dealkylation sites (N-methyl/N-ethyl adjacent to an activating group) is 1. The van der Waals surface area contributed by atoms with Crippen molar-refractivity contribution in [1.29, 1.82) is 0 Å². The number of nitrogens with one attached hydrogen (secondary N) is 1. The summed E-state index contributed by atoms with van der Waals surface area (Å²) in [5, 5.41) is 4.32. The minimum absolute atomic E-state index is 0.0331. The van der Waals surface area contributed by atoms with Crippen LogP contribution < -0.4 is 10.1 Å². The first-order valence-electron chi connectivity index (χ1n) is 12.1. The van der Waals surface area contributed by atoms with E-state index in [1.165, 1.54) is 5.56 Å². The molecule has 34 heavy (non-hydrogen) atoms. The van der Waals surface area contributed by atoms with Gasteiger partial charge in [0, 0.05) is 23.8 Å². The van der Waals surface area contributed by atoms with Crippen molar-refractivity contribution in [2.75, 3.05) is 33.8 Å². The highest BCUT2D eigenvalue weighted by Gasteiger charge is 2.52. The van der Waals surface area contributed by atoms with Crippen LogP contribution in [0.2, 0.25) is 10.0 Å². The highest BCUT2D eigenvalue weighted by atomic mass is 35.5. The molecular weight excluding hydrogens is 467 g/mol. The number of halogens is 2. The number of hydrogen-bond acceptors (Lipinski definition) is 2. The molecule has 182 valence electrons. The molecule has 2 aromatic rings. The molecule has 2 fully saturated rings. The van der Waals surface area contributed by atoms with Crippen molar-refractivity contribution in [3.05, 3.63) is 76.3 Å². The van der Waals surface area contributed by atoms with Crippen LogP contribution in [0.5, 0.6) is 5.75 Å². The molecule has 1 aliphatic heterocycles. The lowest BCUT2D eigenvalue weighted by atomic mass is 9.57. The van der Waals surface area contributed by atoms with E-state index >= 15 is 0 Å². The van der Waals surface area contributed by atoms with Crippen molar-refractivity contribution in [3.63, 3.8) is 0 Å². The molecule has 1 saturated carbocycles. The first kappa shape index (κ1) is 25.1. The molecule has 2 aliphatic rings. The van der Waals surface area contributed by atoms with Gasteiger partial charge in [0.15, 0.2) is 0 Å². The normalized spacial score (nSPS) is 28.6. The number of carbonyl (C=O) groups is 1. The smallest absolute Gasteiger partial charge is 0.224 e. The quantitative estimate of drug-likeness (QED) is 0.384. The second-order valence-corrected chi connectivity index (χ2v) is 11.1. The summed E-state index contributed by atoms with van der Waals surface area (Å²) in [6.45, 7) is 7.22. The van der Waals surface area contributed by atoms with E-state index in [0.29, 0.717) is 22.4 Å². The molecule has 1 amide bonds. The lowest BCUT2D eigenvalue weighted by Gasteiger charge is -2.55. The van der Waals surface area contributed by atoms with E-state index in [0.717, 1.165) is 61.1 Å². The Morgan fingerprint density at radius 1 is 1.24 bits per heavy atom. The fourth-order valence-corrected chi connectivity index (χ4v) is 6.52. The van der Waals surface area contributed by atoms with Crippen molar-refractivity contribution in [1.82, 2.24) is 5.32 Å². The molecule has 0 bridgehead atoms. The van der Waals surface area contributed by atoms with Crippen LogP contribution in [-0.4, -0.2) is 50.2 Å². The highest BCUT2D eigenvalue weighted by Crippen LogP contribution is 2.50. The van der Waals surface area contributed by atoms with E-state index in [9.17, 15) is 4.79 Å². The summed E-state index contributed by atoms with van der Waals surface area (Å²) in [4.78, 5) is 12.9. The number of benzene rings is 2. The molecule has 1 aliphatic carbocycles. The first-order chi connectivity index (χ1) is 16.3. The Labute approximate surface area is 213 Å². The fourth-order valence-electron chi connectivity index (χ4n) is 6.20. The van der Waals surface area contributed by atoms with Gasteiger partial charge < -0.3 is 14.5 Å². The van der Waals surface area contributed by atoms with Crippen LogP contribution in [0.15, 0.2) is 55.1 Å². The number of carbonyl (C=O) groups excluding carboxylic acids is 1. The Kier molecular flexibility index (Phi) is 7.61. The van der Waals surface area contributed by atoms with Crippen LogP contribution in [0, 0.1) is 5.92 Å². The third-order valence-corrected chi connectivity index (χ3v) is 8.68. The zero-order valence-corrected chi connectivity index (χ0v) is 21.7. The van der Waals surface area contributed by atoms with Gasteiger partial charge in [-0.1, -0.05) is 48.0 Å². The minimum Gasteiger partial charge on any atom is -0.497 e. The minimum atomic E-state index is 0.0331. The highest BCUT2D eigenvalue weighted by molar-refractivity contribution is 6.42. The summed E-state index contributed by atoms with van der Waals surface area (Å²) in [5.74, 6) is 1.48. The van der Waals surface area contributed by atoms with Crippen molar-refractivity contribution < 1.29 is 14.0 Å². The number of ether oxygens (including phenoxy) is 1. The molecule has 1 unspecified atom stereocenters. The van der Waals surface area contributed by atoms with Crippen LogP contribution in [-0.2, 0) is 16.6 Å².